The van der Waals surface area contributed by atoms with Gasteiger partial charge in [-0.3, -0.25) is 10.3 Å². The minimum atomic E-state index is -0.511. The molecule has 0 radical (unpaired) electrons. The van der Waals surface area contributed by atoms with E-state index in [2.05, 4.69) is 31.5 Å². The number of ether oxygens (including phenoxy) is 1. The number of nitrogens with zero attached hydrogens (tertiary/aromatic N) is 1. The average molecular weight is 378 g/mol. The number of halogens is 1. The van der Waals surface area contributed by atoms with Crippen molar-refractivity contribution in [2.75, 3.05) is 10.6 Å². The van der Waals surface area contributed by atoms with Crippen molar-refractivity contribution in [2.45, 2.75) is 32.9 Å². The van der Waals surface area contributed by atoms with Gasteiger partial charge in [0.1, 0.15) is 5.60 Å². The van der Waals surface area contributed by atoms with Crippen molar-refractivity contribution in [2.24, 2.45) is 0 Å². The van der Waals surface area contributed by atoms with Crippen molar-refractivity contribution in [1.29, 1.82) is 0 Å². The lowest BCUT2D eigenvalue weighted by molar-refractivity contribution is 0.0636. The number of aromatic nitrogens is 1. The number of carbonyl (C=O) groups is 1. The zero-order valence-electron chi connectivity index (χ0n) is 13.4. The molecule has 0 saturated carbocycles. The number of anilines is 2. The minimum Gasteiger partial charge on any atom is -0.444 e. The maximum absolute atomic E-state index is 11.7. The van der Waals surface area contributed by atoms with E-state index < -0.39 is 11.7 Å². The van der Waals surface area contributed by atoms with E-state index in [4.69, 9.17) is 4.74 Å². The van der Waals surface area contributed by atoms with Crippen molar-refractivity contribution in [3.63, 3.8) is 0 Å². The molecule has 0 unspecified atom stereocenters. The van der Waals surface area contributed by atoms with Crippen LogP contribution in [-0.4, -0.2) is 16.7 Å². The third-order valence-corrected chi connectivity index (χ3v) is 3.26. The van der Waals surface area contributed by atoms with Gasteiger partial charge in [-0.15, -0.1) is 0 Å². The van der Waals surface area contributed by atoms with Gasteiger partial charge in [-0.05, 0) is 73.1 Å². The molecule has 1 aromatic carbocycles. The van der Waals surface area contributed by atoms with E-state index in [0.29, 0.717) is 12.2 Å². The first-order chi connectivity index (χ1) is 10.8. The maximum Gasteiger partial charge on any atom is 0.412 e. The molecule has 0 bridgehead atoms. The summed E-state index contributed by atoms with van der Waals surface area (Å²) in [6.07, 6.45) is 1.31. The Kier molecular flexibility index (Phi) is 5.60. The number of amides is 1. The molecular formula is C17H20BrN3O2. The SMILES string of the molecule is CC(C)(C)OC(=O)Nc1ccc(NCc2ccc(Br)cn2)cc1. The molecule has 0 spiro atoms. The minimum absolute atomic E-state index is 0.461. The van der Waals surface area contributed by atoms with Crippen LogP contribution >= 0.6 is 15.9 Å². The van der Waals surface area contributed by atoms with Crippen LogP contribution in [0, 0.1) is 0 Å². The Balaban J connectivity index is 1.87. The molecular weight excluding hydrogens is 358 g/mol. The summed E-state index contributed by atoms with van der Waals surface area (Å²) in [5, 5.41) is 5.98. The largest absolute Gasteiger partial charge is 0.444 e. The van der Waals surface area contributed by atoms with E-state index >= 15 is 0 Å². The predicted octanol–water partition coefficient (Wildman–Crippen LogP) is 4.80. The van der Waals surface area contributed by atoms with Gasteiger partial charge in [0.05, 0.1) is 12.2 Å². The fourth-order valence-corrected chi connectivity index (χ4v) is 2.03. The highest BCUT2D eigenvalue weighted by molar-refractivity contribution is 9.10. The summed E-state index contributed by atoms with van der Waals surface area (Å²) in [5.41, 5.74) is 2.07. The molecule has 23 heavy (non-hydrogen) atoms. The summed E-state index contributed by atoms with van der Waals surface area (Å²) in [6, 6.07) is 11.3. The second-order valence-electron chi connectivity index (χ2n) is 6.03. The molecule has 2 rings (SSSR count). The Hall–Kier alpha value is -2.08. The molecule has 1 aromatic heterocycles. The number of hydrogen-bond donors (Lipinski definition) is 2. The number of pyridine rings is 1. The van der Waals surface area contributed by atoms with E-state index in [-0.39, 0.29) is 0 Å². The van der Waals surface area contributed by atoms with Gasteiger partial charge in [-0.2, -0.15) is 0 Å². The van der Waals surface area contributed by atoms with E-state index in [9.17, 15) is 4.79 Å². The van der Waals surface area contributed by atoms with E-state index in [0.717, 1.165) is 15.9 Å². The maximum atomic E-state index is 11.7. The zero-order valence-corrected chi connectivity index (χ0v) is 15.0. The van der Waals surface area contributed by atoms with Crippen LogP contribution in [0.15, 0.2) is 47.1 Å². The lowest BCUT2D eigenvalue weighted by atomic mass is 10.2. The molecule has 1 amide bonds. The molecule has 2 aromatic rings. The van der Waals surface area contributed by atoms with Crippen LogP contribution in [0.1, 0.15) is 26.5 Å². The summed E-state index contributed by atoms with van der Waals surface area (Å²) >= 11 is 3.36. The van der Waals surface area contributed by atoms with Crippen LogP contribution < -0.4 is 10.6 Å². The molecule has 0 aliphatic rings. The predicted molar refractivity (Wildman–Crippen MR) is 95.6 cm³/mol. The molecule has 122 valence electrons. The number of carbonyl (C=O) groups excluding carboxylic acids is 1. The lowest BCUT2D eigenvalue weighted by Gasteiger charge is -2.19. The van der Waals surface area contributed by atoms with Gasteiger partial charge in [-0.1, -0.05) is 0 Å². The Labute approximate surface area is 144 Å². The first-order valence-corrected chi connectivity index (χ1v) is 8.05. The summed E-state index contributed by atoms with van der Waals surface area (Å²) in [4.78, 5) is 16.0. The van der Waals surface area contributed by atoms with Crippen LogP contribution in [0.3, 0.4) is 0 Å². The molecule has 1 heterocycles. The average Bonchev–Trinajstić information content (AvgIpc) is 2.46. The van der Waals surface area contributed by atoms with Crippen LogP contribution in [-0.2, 0) is 11.3 Å². The Morgan fingerprint density at radius 2 is 1.78 bits per heavy atom. The smallest absolute Gasteiger partial charge is 0.412 e. The van der Waals surface area contributed by atoms with Crippen LogP contribution in [0.5, 0.6) is 0 Å². The van der Waals surface area contributed by atoms with Crippen LogP contribution in [0.4, 0.5) is 16.2 Å². The molecule has 5 nitrogen and oxygen atoms in total. The van der Waals surface area contributed by atoms with Gasteiger partial charge >= 0.3 is 6.09 Å². The van der Waals surface area contributed by atoms with Gasteiger partial charge < -0.3 is 10.1 Å². The monoisotopic (exact) mass is 377 g/mol. The standard InChI is InChI=1S/C17H20BrN3O2/c1-17(2,3)23-16(22)21-14-8-6-13(7-9-14)20-11-15-5-4-12(18)10-19-15/h4-10,20H,11H2,1-3H3,(H,21,22). The Morgan fingerprint density at radius 3 is 2.35 bits per heavy atom. The number of nitrogens with one attached hydrogen (secondary N) is 2. The molecule has 0 aliphatic carbocycles. The molecule has 6 heteroatoms. The second-order valence-corrected chi connectivity index (χ2v) is 6.94. The summed E-state index contributed by atoms with van der Waals surface area (Å²) in [6.45, 7) is 6.12. The molecule has 0 saturated heterocycles. The van der Waals surface area contributed by atoms with Crippen molar-refractivity contribution in [1.82, 2.24) is 4.98 Å². The van der Waals surface area contributed by atoms with Gasteiger partial charge in [0.15, 0.2) is 0 Å². The quantitative estimate of drug-likeness (QED) is 0.802. The molecule has 0 fully saturated rings. The summed E-state index contributed by atoms with van der Waals surface area (Å²) in [5.74, 6) is 0. The van der Waals surface area contributed by atoms with E-state index in [1.54, 1.807) is 6.20 Å². The van der Waals surface area contributed by atoms with E-state index in [1.807, 2.05) is 57.2 Å². The topological polar surface area (TPSA) is 63.2 Å². The van der Waals surface area contributed by atoms with Crippen molar-refractivity contribution in [3.05, 3.63) is 52.8 Å². The van der Waals surface area contributed by atoms with Crippen molar-refractivity contribution >= 4 is 33.4 Å². The highest BCUT2D eigenvalue weighted by atomic mass is 79.9. The molecule has 0 aliphatic heterocycles. The van der Waals surface area contributed by atoms with Crippen LogP contribution in [0.2, 0.25) is 0 Å². The molecule has 2 N–H and O–H groups in total. The third-order valence-electron chi connectivity index (χ3n) is 2.79. The zero-order chi connectivity index (χ0) is 16.9. The van der Waals surface area contributed by atoms with Gasteiger partial charge in [-0.25, -0.2) is 4.79 Å². The third kappa shape index (κ3) is 6.28. The normalized spacial score (nSPS) is 11.0. The van der Waals surface area contributed by atoms with Crippen molar-refractivity contribution < 1.29 is 9.53 Å². The van der Waals surface area contributed by atoms with Crippen LogP contribution in [0.25, 0.3) is 0 Å². The highest BCUT2D eigenvalue weighted by Gasteiger charge is 2.15. The van der Waals surface area contributed by atoms with Gasteiger partial charge in [0.25, 0.3) is 0 Å². The fraction of sp³-hybridized carbons (Fsp3) is 0.294. The van der Waals surface area contributed by atoms with Gasteiger partial charge in [0.2, 0.25) is 0 Å². The Bertz CT molecular complexity index is 649. The lowest BCUT2D eigenvalue weighted by Crippen LogP contribution is -2.27. The number of benzene rings is 1. The first kappa shape index (κ1) is 17.3. The first-order valence-electron chi connectivity index (χ1n) is 7.26. The van der Waals surface area contributed by atoms with Gasteiger partial charge in [0, 0.05) is 22.0 Å². The number of rotatable bonds is 4. The summed E-state index contributed by atoms with van der Waals surface area (Å²) in [7, 11) is 0. The van der Waals surface area contributed by atoms with E-state index in [1.165, 1.54) is 0 Å². The Morgan fingerprint density at radius 1 is 1.13 bits per heavy atom. The highest BCUT2D eigenvalue weighted by Crippen LogP contribution is 2.16. The summed E-state index contributed by atoms with van der Waals surface area (Å²) < 4.78 is 6.17. The second kappa shape index (κ2) is 7.46. The van der Waals surface area contributed by atoms with Crippen molar-refractivity contribution in [3.8, 4) is 0 Å². The molecule has 0 atom stereocenters. The fourth-order valence-electron chi connectivity index (χ4n) is 1.80. The number of hydrogen-bond acceptors (Lipinski definition) is 4.